The minimum atomic E-state index is -0.585. The molecule has 1 aromatic heterocycles. The molecule has 0 bridgehead atoms. The van der Waals surface area contributed by atoms with Crippen molar-refractivity contribution in [1.82, 2.24) is 14.5 Å². The van der Waals surface area contributed by atoms with Crippen LogP contribution in [0.1, 0.15) is 41.6 Å². The summed E-state index contributed by atoms with van der Waals surface area (Å²) in [5, 5.41) is 2.52. The lowest BCUT2D eigenvalue weighted by atomic mass is 10.0. The summed E-state index contributed by atoms with van der Waals surface area (Å²) >= 11 is 0. The van der Waals surface area contributed by atoms with Crippen LogP contribution in [0, 0.1) is 0 Å². The molecule has 0 saturated carbocycles. The van der Waals surface area contributed by atoms with Crippen LogP contribution in [0.5, 0.6) is 17.2 Å². The van der Waals surface area contributed by atoms with Crippen LogP contribution in [0.3, 0.4) is 0 Å². The van der Waals surface area contributed by atoms with Gasteiger partial charge in [-0.2, -0.15) is 0 Å². The second-order valence-corrected chi connectivity index (χ2v) is 11.2. The molecular formula is C39H37N3O5. The molecule has 1 unspecified atom stereocenters. The van der Waals surface area contributed by atoms with Crippen LogP contribution in [-0.4, -0.2) is 47.7 Å². The van der Waals surface area contributed by atoms with Crippen molar-refractivity contribution < 1.29 is 19.0 Å². The Morgan fingerprint density at radius 1 is 0.830 bits per heavy atom. The lowest BCUT2D eigenvalue weighted by Crippen LogP contribution is -2.38. The van der Waals surface area contributed by atoms with E-state index in [0.29, 0.717) is 64.8 Å². The van der Waals surface area contributed by atoms with Gasteiger partial charge in [-0.15, -0.1) is 0 Å². The third kappa shape index (κ3) is 6.40. The van der Waals surface area contributed by atoms with Gasteiger partial charge >= 0.3 is 0 Å². The Balaban J connectivity index is 1.47. The fraction of sp³-hybridized carbons (Fsp3) is 0.205. The van der Waals surface area contributed by atoms with Crippen molar-refractivity contribution in [1.29, 1.82) is 0 Å². The third-order valence-electron chi connectivity index (χ3n) is 8.40. The number of benzene rings is 5. The van der Waals surface area contributed by atoms with Crippen LogP contribution in [0.2, 0.25) is 0 Å². The summed E-state index contributed by atoms with van der Waals surface area (Å²) < 4.78 is 18.2. The number of amides is 1. The first-order chi connectivity index (χ1) is 22.9. The van der Waals surface area contributed by atoms with Crippen LogP contribution >= 0.6 is 0 Å². The normalized spacial score (nSPS) is 11.7. The lowest BCUT2D eigenvalue weighted by molar-refractivity contribution is 0.0683. The van der Waals surface area contributed by atoms with Gasteiger partial charge in [0, 0.05) is 12.1 Å². The van der Waals surface area contributed by atoms with Crippen LogP contribution in [0.25, 0.3) is 27.4 Å². The van der Waals surface area contributed by atoms with Gasteiger partial charge in [-0.05, 0) is 97.3 Å². The fourth-order valence-corrected chi connectivity index (χ4v) is 5.92. The Hall–Kier alpha value is -5.63. The van der Waals surface area contributed by atoms with Crippen LogP contribution < -0.4 is 19.8 Å². The second kappa shape index (κ2) is 13.8. The van der Waals surface area contributed by atoms with E-state index in [1.807, 2.05) is 117 Å². The third-order valence-corrected chi connectivity index (χ3v) is 8.40. The zero-order valence-corrected chi connectivity index (χ0v) is 27.0. The number of para-hydroxylation sites is 1. The molecule has 0 aliphatic carbocycles. The zero-order valence-electron chi connectivity index (χ0n) is 27.0. The molecule has 0 N–H and O–H groups in total. The van der Waals surface area contributed by atoms with Crippen molar-refractivity contribution in [2.45, 2.75) is 26.3 Å². The van der Waals surface area contributed by atoms with Gasteiger partial charge in [0.15, 0.2) is 11.5 Å². The van der Waals surface area contributed by atoms with Crippen molar-refractivity contribution >= 4 is 27.6 Å². The molecule has 1 atom stereocenters. The van der Waals surface area contributed by atoms with E-state index in [-0.39, 0.29) is 11.5 Å². The highest BCUT2D eigenvalue weighted by molar-refractivity contribution is 5.98. The minimum Gasteiger partial charge on any atom is -0.494 e. The molecule has 6 aromatic rings. The van der Waals surface area contributed by atoms with Crippen LogP contribution in [0.4, 0.5) is 0 Å². The smallest absolute Gasteiger partial charge is 0.266 e. The Kier molecular flexibility index (Phi) is 9.20. The highest BCUT2D eigenvalue weighted by Crippen LogP contribution is 2.30. The molecule has 8 nitrogen and oxygen atoms in total. The number of methoxy groups -OCH3 is 2. The van der Waals surface area contributed by atoms with Gasteiger partial charge in [0.05, 0.1) is 43.5 Å². The molecule has 0 saturated heterocycles. The first-order valence-corrected chi connectivity index (χ1v) is 15.7. The van der Waals surface area contributed by atoms with Crippen molar-refractivity contribution in [3.63, 3.8) is 0 Å². The first-order valence-electron chi connectivity index (χ1n) is 15.7. The number of fused-ring (bicyclic) bond motifs is 2. The van der Waals surface area contributed by atoms with Crippen LogP contribution in [-0.2, 0) is 6.42 Å². The molecule has 0 radical (unpaired) electrons. The van der Waals surface area contributed by atoms with Gasteiger partial charge in [-0.1, -0.05) is 48.5 Å². The van der Waals surface area contributed by atoms with Gasteiger partial charge in [0.25, 0.3) is 11.5 Å². The van der Waals surface area contributed by atoms with Gasteiger partial charge < -0.3 is 19.1 Å². The number of rotatable bonds is 11. The van der Waals surface area contributed by atoms with E-state index >= 15 is 0 Å². The van der Waals surface area contributed by atoms with Crippen molar-refractivity contribution in [3.05, 3.63) is 136 Å². The molecule has 238 valence electrons. The summed E-state index contributed by atoms with van der Waals surface area (Å²) in [5.41, 5.74) is 2.52. The largest absolute Gasteiger partial charge is 0.494 e. The lowest BCUT2D eigenvalue weighted by Gasteiger charge is -2.31. The Labute approximate surface area is 273 Å². The van der Waals surface area contributed by atoms with Gasteiger partial charge in [-0.3, -0.25) is 14.2 Å². The standard InChI is InChI=1S/C39H37N3O5/c1-5-47-32-19-17-31(18-20-32)42-37(40-34-13-9-8-12-33(34)39(42)44)26(2)41(23-22-27-14-21-35(45-3)36(24-27)46-4)38(43)30-16-15-28-10-6-7-11-29(28)25-30/h6-21,24-26H,5,22-23H2,1-4H3. The Morgan fingerprint density at radius 2 is 1.55 bits per heavy atom. The predicted octanol–water partition coefficient (Wildman–Crippen LogP) is 7.40. The minimum absolute atomic E-state index is 0.163. The summed E-state index contributed by atoms with van der Waals surface area (Å²) in [6, 6.07) is 33.5. The van der Waals surface area contributed by atoms with Gasteiger partial charge in [0.1, 0.15) is 11.6 Å². The summed E-state index contributed by atoms with van der Waals surface area (Å²) in [5.74, 6) is 2.25. The number of hydrogen-bond donors (Lipinski definition) is 0. The highest BCUT2D eigenvalue weighted by atomic mass is 16.5. The monoisotopic (exact) mass is 627 g/mol. The summed E-state index contributed by atoms with van der Waals surface area (Å²) in [6.45, 7) is 4.74. The first kappa shape index (κ1) is 31.4. The average molecular weight is 628 g/mol. The average Bonchev–Trinajstić information content (AvgIpc) is 3.11. The molecule has 1 amide bonds. The number of nitrogens with zero attached hydrogens (tertiary/aromatic N) is 3. The van der Waals surface area contributed by atoms with Gasteiger partial charge in [-0.25, -0.2) is 4.98 Å². The van der Waals surface area contributed by atoms with Crippen molar-refractivity contribution in [2.24, 2.45) is 0 Å². The van der Waals surface area contributed by atoms with Crippen LogP contribution in [0.15, 0.2) is 114 Å². The fourth-order valence-electron chi connectivity index (χ4n) is 5.92. The topological polar surface area (TPSA) is 82.9 Å². The Morgan fingerprint density at radius 3 is 2.30 bits per heavy atom. The van der Waals surface area contributed by atoms with Gasteiger partial charge in [0.2, 0.25) is 0 Å². The molecule has 0 fully saturated rings. The summed E-state index contributed by atoms with van der Waals surface area (Å²) in [6.07, 6.45) is 0.533. The maximum atomic E-state index is 14.5. The SMILES string of the molecule is CCOc1ccc(-n2c(C(C)N(CCc3ccc(OC)c(OC)c3)C(=O)c3ccc4ccccc4c3)nc3ccccc3c2=O)cc1. The van der Waals surface area contributed by atoms with E-state index in [0.717, 1.165) is 16.3 Å². The molecule has 0 aliphatic rings. The predicted molar refractivity (Wildman–Crippen MR) is 185 cm³/mol. The number of carbonyl (C=O) groups excluding carboxylic acids is 1. The molecule has 47 heavy (non-hydrogen) atoms. The zero-order chi connectivity index (χ0) is 32.9. The summed E-state index contributed by atoms with van der Waals surface area (Å²) in [7, 11) is 3.20. The molecule has 0 aliphatic heterocycles. The van der Waals surface area contributed by atoms with E-state index in [4.69, 9.17) is 19.2 Å². The molecule has 8 heteroatoms. The molecular weight excluding hydrogens is 590 g/mol. The van der Waals surface area contributed by atoms with Crippen molar-refractivity contribution in [3.8, 4) is 22.9 Å². The maximum absolute atomic E-state index is 14.5. The highest BCUT2D eigenvalue weighted by Gasteiger charge is 2.28. The number of carbonyl (C=O) groups is 1. The summed E-state index contributed by atoms with van der Waals surface area (Å²) in [4.78, 5) is 35.5. The number of hydrogen-bond acceptors (Lipinski definition) is 6. The molecule has 1 heterocycles. The molecule has 5 aromatic carbocycles. The van der Waals surface area contributed by atoms with Crippen molar-refractivity contribution in [2.75, 3.05) is 27.4 Å². The van der Waals surface area contributed by atoms with E-state index in [1.165, 1.54) is 0 Å². The number of aromatic nitrogens is 2. The molecule has 0 spiro atoms. The molecule has 6 rings (SSSR count). The second-order valence-electron chi connectivity index (χ2n) is 11.2. The quantitative estimate of drug-likeness (QED) is 0.149. The van der Waals surface area contributed by atoms with E-state index in [2.05, 4.69) is 0 Å². The van der Waals surface area contributed by atoms with E-state index in [1.54, 1.807) is 29.8 Å². The van der Waals surface area contributed by atoms with E-state index in [9.17, 15) is 9.59 Å². The number of ether oxygens (including phenoxy) is 3. The maximum Gasteiger partial charge on any atom is 0.266 e. The van der Waals surface area contributed by atoms with E-state index < -0.39 is 6.04 Å². The Bertz CT molecular complexity index is 2110.